The van der Waals surface area contributed by atoms with Crippen molar-refractivity contribution in [1.29, 1.82) is 0 Å². The zero-order valence-corrected chi connectivity index (χ0v) is 15.7. The monoisotopic (exact) mass is 413 g/mol. The van der Waals surface area contributed by atoms with Gasteiger partial charge in [-0.15, -0.1) is 0 Å². The van der Waals surface area contributed by atoms with E-state index in [4.69, 9.17) is 9.84 Å². The molecule has 0 aliphatic rings. The van der Waals surface area contributed by atoms with Gasteiger partial charge in [0, 0.05) is 4.47 Å². The van der Waals surface area contributed by atoms with Crippen molar-refractivity contribution in [2.45, 2.75) is 18.7 Å². The number of rotatable bonds is 5. The lowest BCUT2D eigenvalue weighted by Crippen LogP contribution is -2.16. The molecule has 0 aliphatic heterocycles. The summed E-state index contributed by atoms with van der Waals surface area (Å²) in [6.07, 6.45) is 0. The van der Waals surface area contributed by atoms with Gasteiger partial charge >= 0.3 is 5.97 Å². The normalized spacial score (nSPS) is 11.2. The second-order valence-electron chi connectivity index (χ2n) is 5.14. The summed E-state index contributed by atoms with van der Waals surface area (Å²) in [5, 5.41) is 9.15. The van der Waals surface area contributed by atoms with E-state index in [1.807, 2.05) is 6.92 Å². The first-order valence-corrected chi connectivity index (χ1v) is 9.15. The summed E-state index contributed by atoms with van der Waals surface area (Å²) < 4.78 is 33.7. The number of hydrogen-bond donors (Lipinski definition) is 2. The molecule has 2 aromatic rings. The number of nitrogens with one attached hydrogen (secondary N) is 1. The molecule has 0 saturated carbocycles. The maximum absolute atomic E-state index is 12.7. The van der Waals surface area contributed by atoms with Gasteiger partial charge in [-0.2, -0.15) is 0 Å². The van der Waals surface area contributed by atoms with Crippen molar-refractivity contribution in [2.24, 2.45) is 0 Å². The Morgan fingerprint density at radius 3 is 2.50 bits per heavy atom. The van der Waals surface area contributed by atoms with Gasteiger partial charge in [-0.05, 0) is 49.2 Å². The van der Waals surface area contributed by atoms with E-state index in [-0.39, 0.29) is 21.9 Å². The van der Waals surface area contributed by atoms with Crippen molar-refractivity contribution in [3.8, 4) is 5.75 Å². The summed E-state index contributed by atoms with van der Waals surface area (Å²) >= 11 is 3.31. The van der Waals surface area contributed by atoms with Crippen molar-refractivity contribution in [1.82, 2.24) is 0 Å². The molecule has 128 valence electrons. The molecule has 2 N–H and O–H groups in total. The summed E-state index contributed by atoms with van der Waals surface area (Å²) in [6, 6.07) is 7.47. The molecular formula is C16H16BrNO5S. The molecular weight excluding hydrogens is 398 g/mol. The first-order chi connectivity index (χ1) is 11.2. The number of carbonyl (C=O) groups is 1. The van der Waals surface area contributed by atoms with E-state index in [2.05, 4.69) is 20.7 Å². The average molecular weight is 414 g/mol. The summed E-state index contributed by atoms with van der Waals surface area (Å²) in [6.45, 7) is 3.36. The Balaban J connectivity index is 2.53. The van der Waals surface area contributed by atoms with Crippen LogP contribution in [0.15, 0.2) is 39.7 Å². The quantitative estimate of drug-likeness (QED) is 0.781. The lowest BCUT2D eigenvalue weighted by Gasteiger charge is -2.15. The number of ether oxygens (including phenoxy) is 1. The van der Waals surface area contributed by atoms with E-state index in [1.54, 1.807) is 13.0 Å². The van der Waals surface area contributed by atoms with E-state index in [1.165, 1.54) is 31.4 Å². The van der Waals surface area contributed by atoms with Gasteiger partial charge in [-0.25, -0.2) is 13.2 Å². The number of aromatic carboxylic acids is 1. The highest BCUT2D eigenvalue weighted by Crippen LogP contribution is 2.32. The molecule has 0 spiro atoms. The fourth-order valence-electron chi connectivity index (χ4n) is 2.18. The number of sulfonamides is 1. The maximum atomic E-state index is 12.7. The number of benzene rings is 2. The molecule has 0 saturated heterocycles. The minimum atomic E-state index is -3.96. The van der Waals surface area contributed by atoms with E-state index >= 15 is 0 Å². The molecule has 24 heavy (non-hydrogen) atoms. The Labute approximate surface area is 148 Å². The third-order valence-corrected chi connectivity index (χ3v) is 5.78. The van der Waals surface area contributed by atoms with Crippen LogP contribution >= 0.6 is 15.9 Å². The van der Waals surface area contributed by atoms with Crippen molar-refractivity contribution in [3.05, 3.63) is 51.5 Å². The van der Waals surface area contributed by atoms with Gasteiger partial charge < -0.3 is 9.84 Å². The van der Waals surface area contributed by atoms with Gasteiger partial charge in [0.2, 0.25) is 0 Å². The smallest absolute Gasteiger partial charge is 0.336 e. The fourth-order valence-corrected chi connectivity index (χ4v) is 3.98. The predicted molar refractivity (Wildman–Crippen MR) is 94.4 cm³/mol. The minimum absolute atomic E-state index is 0.0345. The van der Waals surface area contributed by atoms with E-state index < -0.39 is 16.0 Å². The first-order valence-electron chi connectivity index (χ1n) is 6.87. The SMILES string of the molecule is COc1cc(C)c(Br)cc1S(=O)(=O)Nc1cccc(C(=O)O)c1C. The topological polar surface area (TPSA) is 92.7 Å². The van der Waals surface area contributed by atoms with Crippen LogP contribution < -0.4 is 9.46 Å². The molecule has 6 nitrogen and oxygen atoms in total. The Morgan fingerprint density at radius 2 is 1.92 bits per heavy atom. The molecule has 0 aromatic heterocycles. The fraction of sp³-hybridized carbons (Fsp3) is 0.188. The lowest BCUT2D eigenvalue weighted by molar-refractivity contribution is 0.0696. The molecule has 0 amide bonds. The summed E-state index contributed by atoms with van der Waals surface area (Å²) in [5.74, 6) is -0.917. The third-order valence-electron chi connectivity index (χ3n) is 3.54. The van der Waals surface area contributed by atoms with Crippen LogP contribution in [-0.4, -0.2) is 26.6 Å². The second kappa shape index (κ2) is 6.82. The minimum Gasteiger partial charge on any atom is -0.495 e. The highest BCUT2D eigenvalue weighted by atomic mass is 79.9. The summed E-state index contributed by atoms with van der Waals surface area (Å²) in [5.41, 5.74) is 1.40. The Morgan fingerprint density at radius 1 is 1.25 bits per heavy atom. The lowest BCUT2D eigenvalue weighted by atomic mass is 10.1. The molecule has 8 heteroatoms. The molecule has 0 unspecified atom stereocenters. The number of hydrogen-bond acceptors (Lipinski definition) is 4. The van der Waals surface area contributed by atoms with Crippen LogP contribution in [-0.2, 0) is 10.0 Å². The average Bonchev–Trinajstić information content (AvgIpc) is 2.51. The second-order valence-corrected chi connectivity index (χ2v) is 7.65. The van der Waals surface area contributed by atoms with Crippen LogP contribution in [0, 0.1) is 13.8 Å². The summed E-state index contributed by atoms with van der Waals surface area (Å²) in [7, 11) is -2.57. The van der Waals surface area contributed by atoms with Gasteiger partial charge in [-0.1, -0.05) is 22.0 Å². The van der Waals surface area contributed by atoms with Crippen LogP contribution in [0.3, 0.4) is 0 Å². The molecule has 0 heterocycles. The zero-order valence-electron chi connectivity index (χ0n) is 13.3. The third kappa shape index (κ3) is 3.54. The van der Waals surface area contributed by atoms with Gasteiger partial charge in [0.15, 0.2) is 0 Å². The van der Waals surface area contributed by atoms with E-state index in [9.17, 15) is 13.2 Å². The van der Waals surface area contributed by atoms with Crippen LogP contribution in [0.2, 0.25) is 0 Å². The predicted octanol–water partition coefficient (Wildman–Crippen LogP) is 3.57. The van der Waals surface area contributed by atoms with E-state index in [0.29, 0.717) is 10.0 Å². The number of carboxylic acid groups (broad SMARTS) is 1. The Kier molecular flexibility index (Phi) is 5.19. The molecule has 0 aliphatic carbocycles. The zero-order chi connectivity index (χ0) is 18.1. The van der Waals surface area contributed by atoms with Crippen LogP contribution in [0.1, 0.15) is 21.5 Å². The van der Waals surface area contributed by atoms with Crippen molar-refractivity contribution in [2.75, 3.05) is 11.8 Å². The Hall–Kier alpha value is -2.06. The summed E-state index contributed by atoms with van der Waals surface area (Å²) in [4.78, 5) is 11.1. The van der Waals surface area contributed by atoms with Crippen molar-refractivity contribution < 1.29 is 23.1 Å². The Bertz CT molecular complexity index is 909. The number of methoxy groups -OCH3 is 1. The number of anilines is 1. The van der Waals surface area contributed by atoms with Crippen molar-refractivity contribution >= 4 is 37.6 Å². The maximum Gasteiger partial charge on any atom is 0.336 e. The molecule has 2 rings (SSSR count). The standard InChI is InChI=1S/C16H16BrNO5S/c1-9-7-14(23-3)15(8-12(9)17)24(21,22)18-13-6-4-5-11(10(13)2)16(19)20/h4-8,18H,1-3H3,(H,19,20). The van der Waals surface area contributed by atoms with Gasteiger partial charge in [0.1, 0.15) is 10.6 Å². The molecule has 0 atom stereocenters. The number of aryl methyl sites for hydroxylation is 1. The van der Waals surface area contributed by atoms with Gasteiger partial charge in [0.25, 0.3) is 10.0 Å². The van der Waals surface area contributed by atoms with Crippen molar-refractivity contribution in [3.63, 3.8) is 0 Å². The molecule has 0 fully saturated rings. The van der Waals surface area contributed by atoms with Gasteiger partial charge in [0.05, 0.1) is 18.4 Å². The highest BCUT2D eigenvalue weighted by molar-refractivity contribution is 9.10. The van der Waals surface area contributed by atoms with Gasteiger partial charge in [-0.3, -0.25) is 4.72 Å². The largest absolute Gasteiger partial charge is 0.495 e. The van der Waals surface area contributed by atoms with Crippen LogP contribution in [0.25, 0.3) is 0 Å². The number of carboxylic acids is 1. The highest BCUT2D eigenvalue weighted by Gasteiger charge is 2.22. The van der Waals surface area contributed by atoms with Crippen LogP contribution in [0.5, 0.6) is 5.75 Å². The molecule has 2 aromatic carbocycles. The molecule has 0 bridgehead atoms. The number of halogens is 1. The van der Waals surface area contributed by atoms with E-state index in [0.717, 1.165) is 5.56 Å². The van der Waals surface area contributed by atoms with Crippen LogP contribution in [0.4, 0.5) is 5.69 Å². The first kappa shape index (κ1) is 18.3. The molecule has 0 radical (unpaired) electrons.